The van der Waals surface area contributed by atoms with Crippen molar-refractivity contribution < 1.29 is 9.53 Å². The monoisotopic (exact) mass is 284 g/mol. The van der Waals surface area contributed by atoms with Gasteiger partial charge in [0, 0.05) is 4.47 Å². The Balaban J connectivity index is 2.66. The zero-order valence-corrected chi connectivity index (χ0v) is 10.7. The van der Waals surface area contributed by atoms with Crippen LogP contribution in [0.5, 0.6) is 0 Å². The summed E-state index contributed by atoms with van der Waals surface area (Å²) in [7, 11) is 0. The molecule has 0 aliphatic heterocycles. The fourth-order valence-electron chi connectivity index (χ4n) is 0.977. The number of carbonyl (C=O) groups is 1. The fraction of sp³-hybridized carbons (Fsp3) is 0.273. The first-order valence-corrected chi connectivity index (χ1v) is 5.66. The Kier molecular flexibility index (Phi) is 4.98. The minimum absolute atomic E-state index is 0.289. The second-order valence-corrected chi connectivity index (χ2v) is 3.86. The molecular formula is C11H13BrN2O2. The van der Waals surface area contributed by atoms with Gasteiger partial charge >= 0.3 is 5.97 Å². The SMILES string of the molecule is CCOC(=O)C(C)=NNc1ccccc1Br. The van der Waals surface area contributed by atoms with Gasteiger partial charge in [-0.3, -0.25) is 5.43 Å². The third-order valence-corrected chi connectivity index (χ3v) is 2.48. The second-order valence-electron chi connectivity index (χ2n) is 3.01. The molecule has 0 spiro atoms. The number of esters is 1. The molecule has 1 rings (SSSR count). The smallest absolute Gasteiger partial charge is 0.354 e. The molecule has 0 aromatic heterocycles. The van der Waals surface area contributed by atoms with E-state index >= 15 is 0 Å². The van der Waals surface area contributed by atoms with Crippen molar-refractivity contribution in [3.8, 4) is 0 Å². The van der Waals surface area contributed by atoms with Gasteiger partial charge < -0.3 is 4.74 Å². The van der Waals surface area contributed by atoms with E-state index in [9.17, 15) is 4.79 Å². The highest BCUT2D eigenvalue weighted by Gasteiger charge is 2.06. The lowest BCUT2D eigenvalue weighted by molar-refractivity contribution is -0.135. The Hall–Kier alpha value is -1.36. The van der Waals surface area contributed by atoms with Gasteiger partial charge in [0.15, 0.2) is 0 Å². The summed E-state index contributed by atoms with van der Waals surface area (Å²) in [5.74, 6) is -0.415. The van der Waals surface area contributed by atoms with Crippen LogP contribution in [0.25, 0.3) is 0 Å². The summed E-state index contributed by atoms with van der Waals surface area (Å²) in [4.78, 5) is 11.2. The molecule has 1 aromatic rings. The predicted molar refractivity (Wildman–Crippen MR) is 67.5 cm³/mol. The second kappa shape index (κ2) is 6.27. The molecule has 5 heteroatoms. The number of carbonyl (C=O) groups excluding carboxylic acids is 1. The summed E-state index contributed by atoms with van der Waals surface area (Å²) in [6, 6.07) is 7.52. The number of para-hydroxylation sites is 1. The van der Waals surface area contributed by atoms with Crippen molar-refractivity contribution in [3.05, 3.63) is 28.7 Å². The topological polar surface area (TPSA) is 50.7 Å². The molecule has 0 bridgehead atoms. The number of hydrogen-bond donors (Lipinski definition) is 1. The molecular weight excluding hydrogens is 272 g/mol. The van der Waals surface area contributed by atoms with E-state index in [-0.39, 0.29) is 5.71 Å². The van der Waals surface area contributed by atoms with Crippen molar-refractivity contribution in [2.75, 3.05) is 12.0 Å². The van der Waals surface area contributed by atoms with Gasteiger partial charge in [0.05, 0.1) is 12.3 Å². The maximum absolute atomic E-state index is 11.2. The number of halogens is 1. The van der Waals surface area contributed by atoms with Crippen LogP contribution in [0.1, 0.15) is 13.8 Å². The summed E-state index contributed by atoms with van der Waals surface area (Å²) in [5.41, 5.74) is 3.88. The molecule has 4 nitrogen and oxygen atoms in total. The average molecular weight is 285 g/mol. The molecule has 1 aromatic carbocycles. The third-order valence-electron chi connectivity index (χ3n) is 1.79. The fourth-order valence-corrected chi connectivity index (χ4v) is 1.35. The molecule has 0 saturated heterocycles. The highest BCUT2D eigenvalue weighted by molar-refractivity contribution is 9.10. The summed E-state index contributed by atoms with van der Waals surface area (Å²) in [5, 5.41) is 3.94. The first-order chi connectivity index (χ1) is 7.65. The van der Waals surface area contributed by atoms with Crippen LogP contribution in [0.4, 0.5) is 5.69 Å². The van der Waals surface area contributed by atoms with E-state index in [0.717, 1.165) is 10.2 Å². The number of rotatable bonds is 4. The molecule has 0 aliphatic carbocycles. The van der Waals surface area contributed by atoms with Crippen molar-refractivity contribution in [3.63, 3.8) is 0 Å². The molecule has 0 radical (unpaired) electrons. The third kappa shape index (κ3) is 3.66. The van der Waals surface area contributed by atoms with Crippen molar-refractivity contribution in [2.24, 2.45) is 5.10 Å². The largest absolute Gasteiger partial charge is 0.461 e. The Morgan fingerprint density at radius 3 is 2.81 bits per heavy atom. The lowest BCUT2D eigenvalue weighted by Gasteiger charge is -2.04. The van der Waals surface area contributed by atoms with Crippen LogP contribution < -0.4 is 5.43 Å². The number of nitrogens with one attached hydrogen (secondary N) is 1. The summed E-state index contributed by atoms with van der Waals surface area (Å²) in [6.45, 7) is 3.70. The highest BCUT2D eigenvalue weighted by Crippen LogP contribution is 2.20. The molecule has 86 valence electrons. The number of benzene rings is 1. The van der Waals surface area contributed by atoms with Crippen LogP contribution in [-0.4, -0.2) is 18.3 Å². The molecule has 16 heavy (non-hydrogen) atoms. The summed E-state index contributed by atoms with van der Waals surface area (Å²) in [6.07, 6.45) is 0. The Labute approximate surface area is 103 Å². The van der Waals surface area contributed by atoms with Gasteiger partial charge in [-0.05, 0) is 41.9 Å². The standard InChI is InChI=1S/C11H13BrN2O2/c1-3-16-11(15)8(2)13-14-10-7-5-4-6-9(10)12/h4-7,14H,3H2,1-2H3. The van der Waals surface area contributed by atoms with Gasteiger partial charge in [-0.2, -0.15) is 5.10 Å². The molecule has 0 heterocycles. The molecule has 0 saturated carbocycles. The van der Waals surface area contributed by atoms with E-state index < -0.39 is 5.97 Å². The summed E-state index contributed by atoms with van der Waals surface area (Å²) >= 11 is 3.37. The molecule has 0 aliphatic rings. The zero-order chi connectivity index (χ0) is 12.0. The van der Waals surface area contributed by atoms with Gasteiger partial charge in [-0.15, -0.1) is 0 Å². The highest BCUT2D eigenvalue weighted by atomic mass is 79.9. The molecule has 0 amide bonds. The molecule has 0 atom stereocenters. The van der Waals surface area contributed by atoms with E-state index in [0.29, 0.717) is 6.61 Å². The van der Waals surface area contributed by atoms with Crippen LogP contribution in [0.3, 0.4) is 0 Å². The molecule has 1 N–H and O–H groups in total. The van der Waals surface area contributed by atoms with Crippen molar-refractivity contribution in [1.82, 2.24) is 0 Å². The van der Waals surface area contributed by atoms with Crippen LogP contribution in [0, 0.1) is 0 Å². The van der Waals surface area contributed by atoms with Crippen molar-refractivity contribution in [2.45, 2.75) is 13.8 Å². The number of nitrogens with zero attached hydrogens (tertiary/aromatic N) is 1. The van der Waals surface area contributed by atoms with Gasteiger partial charge in [-0.25, -0.2) is 4.79 Å². The molecule has 0 unspecified atom stereocenters. The minimum atomic E-state index is -0.415. The quantitative estimate of drug-likeness (QED) is 0.526. The number of hydrazone groups is 1. The van der Waals surface area contributed by atoms with Gasteiger partial charge in [0.1, 0.15) is 5.71 Å². The number of anilines is 1. The summed E-state index contributed by atoms with van der Waals surface area (Å²) < 4.78 is 5.69. The van der Waals surface area contributed by atoms with E-state index in [1.165, 1.54) is 0 Å². The van der Waals surface area contributed by atoms with E-state index in [1.54, 1.807) is 13.8 Å². The minimum Gasteiger partial charge on any atom is -0.461 e. The van der Waals surface area contributed by atoms with Crippen molar-refractivity contribution in [1.29, 1.82) is 0 Å². The Morgan fingerprint density at radius 2 is 2.19 bits per heavy atom. The lowest BCUT2D eigenvalue weighted by atomic mass is 10.3. The predicted octanol–water partition coefficient (Wildman–Crippen LogP) is 2.80. The van der Waals surface area contributed by atoms with Crippen LogP contribution in [-0.2, 0) is 9.53 Å². The van der Waals surface area contributed by atoms with E-state index in [2.05, 4.69) is 26.5 Å². The first-order valence-electron chi connectivity index (χ1n) is 4.87. The normalized spacial score (nSPS) is 11.1. The lowest BCUT2D eigenvalue weighted by Crippen LogP contribution is -2.15. The van der Waals surface area contributed by atoms with E-state index in [4.69, 9.17) is 4.74 Å². The van der Waals surface area contributed by atoms with Gasteiger partial charge in [-0.1, -0.05) is 12.1 Å². The van der Waals surface area contributed by atoms with Crippen molar-refractivity contribution >= 4 is 33.3 Å². The average Bonchev–Trinajstić information content (AvgIpc) is 2.28. The zero-order valence-electron chi connectivity index (χ0n) is 9.16. The Bertz CT molecular complexity index is 405. The maximum Gasteiger partial charge on any atom is 0.354 e. The van der Waals surface area contributed by atoms with Gasteiger partial charge in [0.2, 0.25) is 0 Å². The van der Waals surface area contributed by atoms with E-state index in [1.807, 2.05) is 24.3 Å². The van der Waals surface area contributed by atoms with Gasteiger partial charge in [0.25, 0.3) is 0 Å². The number of hydrogen-bond acceptors (Lipinski definition) is 4. The van der Waals surface area contributed by atoms with Crippen LogP contribution >= 0.6 is 15.9 Å². The maximum atomic E-state index is 11.2. The number of ether oxygens (including phenoxy) is 1. The molecule has 0 fully saturated rings. The Morgan fingerprint density at radius 1 is 1.50 bits per heavy atom. The first kappa shape index (κ1) is 12.7. The van der Waals surface area contributed by atoms with Crippen LogP contribution in [0.15, 0.2) is 33.8 Å². The van der Waals surface area contributed by atoms with Crippen LogP contribution in [0.2, 0.25) is 0 Å².